The molecule has 2 unspecified atom stereocenters. The Morgan fingerprint density at radius 1 is 1.60 bits per heavy atom. The van der Waals surface area contributed by atoms with Crippen LogP contribution in [0.15, 0.2) is 18.2 Å². The Kier molecular flexibility index (Phi) is 4.28. The van der Waals surface area contributed by atoms with Gasteiger partial charge in [-0.05, 0) is 24.6 Å². The summed E-state index contributed by atoms with van der Waals surface area (Å²) in [5.41, 5.74) is 5.54. The van der Waals surface area contributed by atoms with Crippen molar-refractivity contribution in [3.05, 3.63) is 29.6 Å². The molecule has 3 N–H and O–H groups in total. The van der Waals surface area contributed by atoms with Crippen LogP contribution >= 0.6 is 0 Å². The van der Waals surface area contributed by atoms with Crippen LogP contribution in [0.1, 0.15) is 31.7 Å². The van der Waals surface area contributed by atoms with Gasteiger partial charge in [0, 0.05) is 24.9 Å². The van der Waals surface area contributed by atoms with Gasteiger partial charge in [0.1, 0.15) is 17.7 Å². The predicted molar refractivity (Wildman–Crippen MR) is 73.2 cm³/mol. The summed E-state index contributed by atoms with van der Waals surface area (Å²) in [6.07, 6.45) is 1.90. The number of benzene rings is 1. The number of ether oxygens (including phenoxy) is 1. The van der Waals surface area contributed by atoms with Crippen molar-refractivity contribution < 1.29 is 19.0 Å². The number of nitrogens with two attached hydrogens (primary N) is 1. The highest BCUT2D eigenvalue weighted by atomic mass is 19.1. The normalized spacial score (nSPS) is 20.1. The highest BCUT2D eigenvalue weighted by Crippen LogP contribution is 2.37. The zero-order valence-electron chi connectivity index (χ0n) is 11.6. The van der Waals surface area contributed by atoms with Crippen molar-refractivity contribution in [2.45, 2.75) is 38.7 Å². The van der Waals surface area contributed by atoms with Gasteiger partial charge in [0.05, 0.1) is 5.41 Å². The second kappa shape index (κ2) is 5.79. The van der Waals surface area contributed by atoms with Crippen LogP contribution in [0.2, 0.25) is 0 Å². The third-order valence-electron chi connectivity index (χ3n) is 3.96. The van der Waals surface area contributed by atoms with E-state index < -0.39 is 11.4 Å². The molecule has 20 heavy (non-hydrogen) atoms. The molecule has 2 atom stereocenters. The minimum Gasteiger partial charge on any atom is -0.490 e. The second-order valence-corrected chi connectivity index (χ2v) is 5.44. The highest BCUT2D eigenvalue weighted by molar-refractivity contribution is 5.75. The van der Waals surface area contributed by atoms with Crippen LogP contribution in [0.5, 0.6) is 5.75 Å². The summed E-state index contributed by atoms with van der Waals surface area (Å²) in [4.78, 5) is 11.6. The molecule has 1 aliphatic heterocycles. The highest BCUT2D eigenvalue weighted by Gasteiger charge is 2.40. The summed E-state index contributed by atoms with van der Waals surface area (Å²) < 4.78 is 18.9. The van der Waals surface area contributed by atoms with E-state index in [2.05, 4.69) is 0 Å². The molecule has 0 bridgehead atoms. The second-order valence-electron chi connectivity index (χ2n) is 5.44. The molecule has 1 heterocycles. The number of aliphatic carboxylic acids is 1. The van der Waals surface area contributed by atoms with Gasteiger partial charge in [-0.1, -0.05) is 13.3 Å². The van der Waals surface area contributed by atoms with Crippen molar-refractivity contribution in [2.24, 2.45) is 11.1 Å². The third kappa shape index (κ3) is 2.77. The average Bonchev–Trinajstić information content (AvgIpc) is 2.79. The van der Waals surface area contributed by atoms with E-state index >= 15 is 0 Å². The van der Waals surface area contributed by atoms with Gasteiger partial charge < -0.3 is 15.6 Å². The molecule has 0 aromatic heterocycles. The quantitative estimate of drug-likeness (QED) is 0.839. The van der Waals surface area contributed by atoms with Crippen molar-refractivity contribution in [1.29, 1.82) is 0 Å². The molecule has 110 valence electrons. The molecular formula is C15H20FNO3. The first kappa shape index (κ1) is 14.8. The fourth-order valence-corrected chi connectivity index (χ4v) is 2.89. The van der Waals surface area contributed by atoms with E-state index in [4.69, 9.17) is 10.5 Å². The van der Waals surface area contributed by atoms with Crippen LogP contribution < -0.4 is 10.5 Å². The van der Waals surface area contributed by atoms with Crippen molar-refractivity contribution in [3.8, 4) is 5.75 Å². The molecule has 0 fully saturated rings. The number of carboxylic acids is 1. The summed E-state index contributed by atoms with van der Waals surface area (Å²) in [5.74, 6) is -0.540. The number of hydrogen-bond acceptors (Lipinski definition) is 3. The van der Waals surface area contributed by atoms with Crippen molar-refractivity contribution in [2.75, 3.05) is 6.54 Å². The minimum atomic E-state index is -0.958. The zero-order chi connectivity index (χ0) is 14.8. The van der Waals surface area contributed by atoms with Crippen molar-refractivity contribution >= 4 is 5.97 Å². The molecule has 1 aromatic rings. The lowest BCUT2D eigenvalue weighted by Crippen LogP contribution is -2.42. The fraction of sp³-hybridized carbons (Fsp3) is 0.533. The summed E-state index contributed by atoms with van der Waals surface area (Å²) in [7, 11) is 0. The van der Waals surface area contributed by atoms with E-state index in [1.807, 2.05) is 6.92 Å². The number of carboxylic acid groups (broad SMARTS) is 1. The maximum atomic E-state index is 13.2. The van der Waals surface area contributed by atoms with Gasteiger partial charge in [-0.15, -0.1) is 0 Å². The summed E-state index contributed by atoms with van der Waals surface area (Å²) in [6, 6.07) is 4.38. The number of hydrogen-bond donors (Lipinski definition) is 2. The first-order valence-electron chi connectivity index (χ1n) is 6.89. The van der Waals surface area contributed by atoms with Crippen LogP contribution in [-0.4, -0.2) is 23.7 Å². The third-order valence-corrected chi connectivity index (χ3v) is 3.96. The van der Waals surface area contributed by atoms with E-state index in [1.54, 1.807) is 6.07 Å². The first-order chi connectivity index (χ1) is 9.50. The number of halogens is 1. The van der Waals surface area contributed by atoms with Crippen LogP contribution in [0, 0.1) is 11.2 Å². The Hall–Kier alpha value is -1.62. The minimum absolute atomic E-state index is 0.0841. The van der Waals surface area contributed by atoms with Gasteiger partial charge in [-0.2, -0.15) is 0 Å². The predicted octanol–water partition coefficient (Wildman–Crippen LogP) is 2.35. The smallest absolute Gasteiger partial charge is 0.311 e. The first-order valence-corrected chi connectivity index (χ1v) is 6.89. The van der Waals surface area contributed by atoms with Crippen LogP contribution in [-0.2, 0) is 11.2 Å². The molecule has 2 rings (SSSR count). The average molecular weight is 281 g/mol. The van der Waals surface area contributed by atoms with Crippen LogP contribution in [0.3, 0.4) is 0 Å². The van der Waals surface area contributed by atoms with Crippen molar-refractivity contribution in [1.82, 2.24) is 0 Å². The Morgan fingerprint density at radius 2 is 2.35 bits per heavy atom. The van der Waals surface area contributed by atoms with Gasteiger partial charge in [-0.25, -0.2) is 4.39 Å². The maximum absolute atomic E-state index is 13.2. The van der Waals surface area contributed by atoms with Gasteiger partial charge in [0.25, 0.3) is 0 Å². The molecule has 1 aliphatic rings. The SMILES string of the molecule is CCCC(CN)(CC1Cc2cc(F)ccc2O1)C(=O)O. The summed E-state index contributed by atoms with van der Waals surface area (Å²) in [6.45, 7) is 2.02. The molecule has 0 spiro atoms. The van der Waals surface area contributed by atoms with Gasteiger partial charge in [0.15, 0.2) is 0 Å². The molecule has 0 saturated carbocycles. The molecule has 0 radical (unpaired) electrons. The monoisotopic (exact) mass is 281 g/mol. The number of rotatable bonds is 6. The van der Waals surface area contributed by atoms with Crippen LogP contribution in [0.4, 0.5) is 4.39 Å². The molecule has 4 nitrogen and oxygen atoms in total. The van der Waals surface area contributed by atoms with E-state index in [-0.39, 0.29) is 18.5 Å². The lowest BCUT2D eigenvalue weighted by Gasteiger charge is -2.29. The maximum Gasteiger partial charge on any atom is 0.311 e. The largest absolute Gasteiger partial charge is 0.490 e. The summed E-state index contributed by atoms with van der Waals surface area (Å²) >= 11 is 0. The number of fused-ring (bicyclic) bond motifs is 1. The van der Waals surface area contributed by atoms with Gasteiger partial charge >= 0.3 is 5.97 Å². The summed E-state index contributed by atoms with van der Waals surface area (Å²) in [5, 5.41) is 9.48. The molecule has 5 heteroatoms. The Morgan fingerprint density at radius 3 is 2.95 bits per heavy atom. The topological polar surface area (TPSA) is 72.5 Å². The van der Waals surface area contributed by atoms with E-state index in [1.165, 1.54) is 12.1 Å². The standard InChI is InChI=1S/C15H20FNO3/c1-2-5-15(9-17,14(18)19)8-12-7-10-6-11(16)3-4-13(10)20-12/h3-4,6,12H,2,5,7-9,17H2,1H3,(H,18,19). The van der Waals surface area contributed by atoms with Crippen molar-refractivity contribution in [3.63, 3.8) is 0 Å². The van der Waals surface area contributed by atoms with Gasteiger partial charge in [-0.3, -0.25) is 4.79 Å². The Balaban J connectivity index is 2.13. The van der Waals surface area contributed by atoms with E-state index in [9.17, 15) is 14.3 Å². The molecule has 1 aromatic carbocycles. The zero-order valence-corrected chi connectivity index (χ0v) is 11.6. The molecule has 0 saturated heterocycles. The Bertz CT molecular complexity index is 506. The van der Waals surface area contributed by atoms with E-state index in [0.29, 0.717) is 25.0 Å². The van der Waals surface area contributed by atoms with Gasteiger partial charge in [0.2, 0.25) is 0 Å². The van der Waals surface area contributed by atoms with Crippen LogP contribution in [0.25, 0.3) is 0 Å². The molecule has 0 aliphatic carbocycles. The molecular weight excluding hydrogens is 261 g/mol. The van der Waals surface area contributed by atoms with E-state index in [0.717, 1.165) is 12.0 Å². The molecule has 0 amide bonds. The lowest BCUT2D eigenvalue weighted by atomic mass is 9.78. The lowest BCUT2D eigenvalue weighted by molar-refractivity contribution is -0.150. The number of carbonyl (C=O) groups is 1. The Labute approximate surface area is 117 Å². The fourth-order valence-electron chi connectivity index (χ4n) is 2.89.